The van der Waals surface area contributed by atoms with Crippen molar-refractivity contribution in [1.29, 1.82) is 0 Å². The number of esters is 1. The predicted octanol–water partition coefficient (Wildman–Crippen LogP) is 9.38. The first-order valence-electron chi connectivity index (χ1n) is 19.7. The number of benzene rings is 2. The molecule has 0 spiro atoms. The monoisotopic (exact) mass is 702 g/mol. The Balaban J connectivity index is 0.00000107. The van der Waals surface area contributed by atoms with Crippen LogP contribution >= 0.6 is 0 Å². The number of ether oxygens (including phenoxy) is 2. The zero-order chi connectivity index (χ0) is 37.2. The van der Waals surface area contributed by atoms with E-state index in [1.54, 1.807) is 12.7 Å². The molecule has 2 aliphatic carbocycles. The third-order valence-electron chi connectivity index (χ3n) is 11.5. The lowest BCUT2D eigenvalue weighted by molar-refractivity contribution is -0.142. The summed E-state index contributed by atoms with van der Waals surface area (Å²) in [6.07, 6.45) is 17.9. The summed E-state index contributed by atoms with van der Waals surface area (Å²) in [6.45, 7) is 14.0. The van der Waals surface area contributed by atoms with Crippen LogP contribution in [0.2, 0.25) is 0 Å². The zero-order valence-electron chi connectivity index (χ0n) is 32.1. The second-order valence-electron chi connectivity index (χ2n) is 14.9. The number of aliphatic hydroxyl groups is 2. The van der Waals surface area contributed by atoms with Crippen molar-refractivity contribution in [2.24, 2.45) is 23.7 Å². The molecule has 2 fully saturated rings. The van der Waals surface area contributed by atoms with E-state index in [-0.39, 0.29) is 30.3 Å². The van der Waals surface area contributed by atoms with Crippen molar-refractivity contribution in [3.8, 4) is 11.1 Å². The third-order valence-corrected chi connectivity index (χ3v) is 11.5. The Bertz CT molecular complexity index is 1380. The maximum absolute atomic E-state index is 12.0. The maximum Gasteiger partial charge on any atom is 0.335 e. The molecular weight excluding hydrogens is 636 g/mol. The maximum atomic E-state index is 12.0. The van der Waals surface area contributed by atoms with Crippen molar-refractivity contribution in [2.75, 3.05) is 33.5 Å². The van der Waals surface area contributed by atoms with Crippen molar-refractivity contribution < 1.29 is 29.3 Å². The Labute approximate surface area is 308 Å². The second kappa shape index (κ2) is 22.8. The molecule has 0 aromatic heterocycles. The smallest absolute Gasteiger partial charge is 0.335 e. The molecule has 2 N–H and O–H groups in total. The molecule has 2 aromatic carbocycles. The third kappa shape index (κ3) is 12.8. The molecule has 1 atom stereocenters. The molecule has 2 aromatic rings. The number of aliphatic hydroxyl groups excluding tert-OH is 2. The van der Waals surface area contributed by atoms with Gasteiger partial charge in [0.25, 0.3) is 0 Å². The number of aldehydes is 1. The van der Waals surface area contributed by atoms with Gasteiger partial charge in [0.2, 0.25) is 0 Å². The first-order chi connectivity index (χ1) is 24.7. The van der Waals surface area contributed by atoms with Gasteiger partial charge in [-0.25, -0.2) is 4.79 Å². The standard InChI is InChI=1S/C41H60O4.C4H6O2/c1-6-9-10-11-30-12-22-40(31(7-2)24-30)37-21-23-39(32(8-3)25-37)36-19-17-34(18-20-36)33-13-15-35(16-14-33)38(27-44-5)28-45-41(43)29(4)26-42;1-4(2-5)3-6/h12,21-25,33-36,38,42H,4,6-11,13-20,26-28H2,1-3,5H3;2,6H,1,3H2. The number of aryl methyl sites for hydroxylation is 3. The summed E-state index contributed by atoms with van der Waals surface area (Å²) in [5.41, 5.74) is 9.24. The van der Waals surface area contributed by atoms with Crippen molar-refractivity contribution >= 4 is 12.3 Å². The van der Waals surface area contributed by atoms with Crippen LogP contribution in [0.4, 0.5) is 0 Å². The molecule has 0 amide bonds. The number of unbranched alkanes of at least 4 members (excludes halogenated alkanes) is 2. The Morgan fingerprint density at radius 1 is 0.843 bits per heavy atom. The van der Waals surface area contributed by atoms with E-state index in [9.17, 15) is 9.59 Å². The highest BCUT2D eigenvalue weighted by atomic mass is 16.5. The van der Waals surface area contributed by atoms with Crippen molar-refractivity contribution in [2.45, 2.75) is 117 Å². The largest absolute Gasteiger partial charge is 0.462 e. The van der Waals surface area contributed by atoms with Crippen LogP contribution in [0.1, 0.15) is 120 Å². The highest BCUT2D eigenvalue weighted by Gasteiger charge is 2.34. The summed E-state index contributed by atoms with van der Waals surface area (Å²) in [4.78, 5) is 21.5. The van der Waals surface area contributed by atoms with Crippen molar-refractivity contribution in [1.82, 2.24) is 0 Å². The average Bonchev–Trinajstić information content (AvgIpc) is 3.18. The first kappa shape index (κ1) is 42.4. The van der Waals surface area contributed by atoms with Crippen LogP contribution in [-0.4, -0.2) is 56.0 Å². The lowest BCUT2D eigenvalue weighted by Crippen LogP contribution is -2.32. The van der Waals surface area contributed by atoms with Gasteiger partial charge in [0.1, 0.15) is 6.29 Å². The Hall–Kier alpha value is -3.06. The van der Waals surface area contributed by atoms with Gasteiger partial charge in [0.15, 0.2) is 0 Å². The van der Waals surface area contributed by atoms with E-state index in [1.165, 1.54) is 105 Å². The Morgan fingerprint density at radius 2 is 1.51 bits per heavy atom. The van der Waals surface area contributed by atoms with E-state index in [2.05, 4.69) is 70.3 Å². The fourth-order valence-corrected chi connectivity index (χ4v) is 8.34. The zero-order valence-corrected chi connectivity index (χ0v) is 32.1. The molecule has 2 aliphatic rings. The number of rotatable bonds is 18. The fourth-order valence-electron chi connectivity index (χ4n) is 8.34. The minimum Gasteiger partial charge on any atom is -0.462 e. The number of methoxy groups -OCH3 is 1. The highest BCUT2D eigenvalue weighted by Crippen LogP contribution is 2.46. The van der Waals surface area contributed by atoms with Crippen molar-refractivity contribution in [3.05, 3.63) is 83.0 Å². The minimum atomic E-state index is -0.498. The Kier molecular flexibility index (Phi) is 18.9. The summed E-state index contributed by atoms with van der Waals surface area (Å²) >= 11 is 0. The van der Waals surface area contributed by atoms with Gasteiger partial charge in [-0.15, -0.1) is 0 Å². The normalized spacial score (nSPS) is 20.8. The molecule has 4 rings (SSSR count). The first-order valence-corrected chi connectivity index (χ1v) is 19.7. The SMILES string of the molecule is C=C(C=O)CO.C=C(CO)C(=O)OCC(COC)C1CCC(C2CCC(c3ccc(-c4ccc(CCCCC)cc4CC)cc3CC)CC2)CC1. The lowest BCUT2D eigenvalue weighted by atomic mass is 9.66. The van der Waals surface area contributed by atoms with Crippen LogP contribution in [0.15, 0.2) is 60.7 Å². The van der Waals surface area contributed by atoms with Gasteiger partial charge in [-0.3, -0.25) is 4.79 Å². The van der Waals surface area contributed by atoms with Gasteiger partial charge in [-0.05, 0) is 134 Å². The van der Waals surface area contributed by atoms with Crippen LogP contribution < -0.4 is 0 Å². The summed E-state index contributed by atoms with van der Waals surface area (Å²) in [5, 5.41) is 17.2. The van der Waals surface area contributed by atoms with Crippen LogP contribution in [-0.2, 0) is 38.3 Å². The van der Waals surface area contributed by atoms with Crippen LogP contribution in [0.5, 0.6) is 0 Å². The molecule has 1 unspecified atom stereocenters. The van der Waals surface area contributed by atoms with Crippen LogP contribution in [0.25, 0.3) is 11.1 Å². The van der Waals surface area contributed by atoms with E-state index >= 15 is 0 Å². The molecule has 6 heteroatoms. The lowest BCUT2D eigenvalue weighted by Gasteiger charge is -2.40. The number of carbonyl (C=O) groups excluding carboxylic acids is 2. The second-order valence-corrected chi connectivity index (χ2v) is 14.9. The fraction of sp³-hybridized carbons (Fsp3) is 0.600. The van der Waals surface area contributed by atoms with E-state index in [1.807, 2.05) is 0 Å². The molecule has 2 saturated carbocycles. The topological polar surface area (TPSA) is 93.1 Å². The quantitative estimate of drug-likeness (QED) is 0.0696. The molecular formula is C45H66O6. The van der Waals surface area contributed by atoms with Gasteiger partial charge >= 0.3 is 5.97 Å². The van der Waals surface area contributed by atoms with Gasteiger partial charge in [-0.2, -0.15) is 0 Å². The van der Waals surface area contributed by atoms with Crippen LogP contribution in [0, 0.1) is 23.7 Å². The Morgan fingerprint density at radius 3 is 2.06 bits per heavy atom. The molecule has 282 valence electrons. The molecule has 0 bridgehead atoms. The molecule has 0 aliphatic heterocycles. The summed E-state index contributed by atoms with van der Waals surface area (Å²) in [5.74, 6) is 2.55. The van der Waals surface area contributed by atoms with Gasteiger partial charge in [-0.1, -0.05) is 83.2 Å². The molecule has 0 heterocycles. The van der Waals surface area contributed by atoms with Gasteiger partial charge < -0.3 is 19.7 Å². The van der Waals surface area contributed by atoms with E-state index in [0.717, 1.165) is 24.7 Å². The summed E-state index contributed by atoms with van der Waals surface area (Å²) < 4.78 is 11.0. The molecule has 0 saturated heterocycles. The number of hydrogen-bond acceptors (Lipinski definition) is 6. The molecule has 6 nitrogen and oxygen atoms in total. The molecule has 51 heavy (non-hydrogen) atoms. The summed E-state index contributed by atoms with van der Waals surface area (Å²) in [7, 11) is 1.72. The van der Waals surface area contributed by atoms with Gasteiger partial charge in [0.05, 0.1) is 32.0 Å². The van der Waals surface area contributed by atoms with Gasteiger partial charge in [0, 0.05) is 18.6 Å². The minimum absolute atomic E-state index is 0.112. The van der Waals surface area contributed by atoms with E-state index in [0.29, 0.717) is 31.3 Å². The van der Waals surface area contributed by atoms with Crippen LogP contribution in [0.3, 0.4) is 0 Å². The number of hydrogen-bond donors (Lipinski definition) is 2. The molecule has 0 radical (unpaired) electrons. The number of carbonyl (C=O) groups is 2. The summed E-state index contributed by atoms with van der Waals surface area (Å²) in [6, 6.07) is 14.6. The highest BCUT2D eigenvalue weighted by molar-refractivity contribution is 5.87. The predicted molar refractivity (Wildman–Crippen MR) is 209 cm³/mol. The van der Waals surface area contributed by atoms with E-state index < -0.39 is 5.97 Å². The average molecular weight is 703 g/mol. The van der Waals surface area contributed by atoms with E-state index in [4.69, 9.17) is 19.7 Å². The van der Waals surface area contributed by atoms with Crippen molar-refractivity contribution in [3.63, 3.8) is 0 Å².